The Kier molecular flexibility index (Phi) is 4.02. The van der Waals surface area contributed by atoms with Gasteiger partial charge in [-0.1, -0.05) is 28.1 Å². The van der Waals surface area contributed by atoms with Crippen LogP contribution in [0.1, 0.15) is 16.1 Å². The molecule has 0 aliphatic heterocycles. The Morgan fingerprint density at radius 2 is 2.09 bits per heavy atom. The van der Waals surface area contributed by atoms with Gasteiger partial charge in [-0.25, -0.2) is 9.67 Å². The number of benzene rings is 1. The molecule has 5 nitrogen and oxygen atoms in total. The van der Waals surface area contributed by atoms with Gasteiger partial charge in [-0.3, -0.25) is 4.79 Å². The summed E-state index contributed by atoms with van der Waals surface area (Å²) in [6.07, 6.45) is 3.25. The maximum absolute atomic E-state index is 12.4. The molecule has 3 aromatic rings. The van der Waals surface area contributed by atoms with Crippen molar-refractivity contribution in [2.24, 2.45) is 0 Å². The molecule has 0 radical (unpaired) electrons. The van der Waals surface area contributed by atoms with Gasteiger partial charge in [0.05, 0.1) is 17.5 Å². The first-order valence-corrected chi connectivity index (χ1v) is 7.47. The summed E-state index contributed by atoms with van der Waals surface area (Å²) in [5.41, 5.74) is 1.99. The number of carbonyl (C=O) groups is 1. The van der Waals surface area contributed by atoms with Crippen molar-refractivity contribution in [2.45, 2.75) is 6.92 Å². The number of nitrogens with zero attached hydrogens (tertiary/aromatic N) is 3. The number of hydrogen-bond acceptors (Lipinski definition) is 3. The standard InChI is InChI=1S/C16H13BrN4O/c1-11-14(10-19-21(11)15-7-2-3-8-18-15)16(22)20-13-6-4-5-12(17)9-13/h2-10H,1H3,(H,20,22). The van der Waals surface area contributed by atoms with Gasteiger partial charge >= 0.3 is 0 Å². The van der Waals surface area contributed by atoms with E-state index in [4.69, 9.17) is 0 Å². The minimum absolute atomic E-state index is 0.196. The topological polar surface area (TPSA) is 59.8 Å². The van der Waals surface area contributed by atoms with E-state index in [9.17, 15) is 4.79 Å². The van der Waals surface area contributed by atoms with Crippen molar-refractivity contribution in [3.05, 3.63) is 70.6 Å². The molecule has 1 aromatic carbocycles. The van der Waals surface area contributed by atoms with Crippen molar-refractivity contribution < 1.29 is 4.79 Å². The van der Waals surface area contributed by atoms with E-state index >= 15 is 0 Å². The summed E-state index contributed by atoms with van der Waals surface area (Å²) in [4.78, 5) is 16.6. The van der Waals surface area contributed by atoms with Crippen LogP contribution in [0, 0.1) is 6.92 Å². The molecule has 1 amide bonds. The van der Waals surface area contributed by atoms with Crippen LogP contribution in [0.15, 0.2) is 59.3 Å². The predicted octanol–water partition coefficient (Wildman–Crippen LogP) is 3.59. The highest BCUT2D eigenvalue weighted by atomic mass is 79.9. The summed E-state index contributed by atoms with van der Waals surface area (Å²) < 4.78 is 2.56. The molecular formula is C16H13BrN4O. The van der Waals surface area contributed by atoms with Gasteiger partial charge in [0.2, 0.25) is 0 Å². The van der Waals surface area contributed by atoms with Crippen molar-refractivity contribution >= 4 is 27.5 Å². The van der Waals surface area contributed by atoms with Gasteiger partial charge < -0.3 is 5.32 Å². The fraction of sp³-hybridized carbons (Fsp3) is 0.0625. The second-order valence-corrected chi connectivity index (χ2v) is 5.62. The highest BCUT2D eigenvalue weighted by molar-refractivity contribution is 9.10. The molecule has 0 saturated heterocycles. The van der Waals surface area contributed by atoms with E-state index in [0.29, 0.717) is 11.4 Å². The normalized spacial score (nSPS) is 10.5. The molecule has 0 aliphatic rings. The van der Waals surface area contributed by atoms with E-state index in [2.05, 4.69) is 31.3 Å². The number of rotatable bonds is 3. The van der Waals surface area contributed by atoms with Gasteiger partial charge in [0, 0.05) is 16.4 Å². The zero-order valence-corrected chi connectivity index (χ0v) is 13.4. The van der Waals surface area contributed by atoms with E-state index in [1.54, 1.807) is 17.1 Å². The van der Waals surface area contributed by atoms with Crippen LogP contribution in [-0.4, -0.2) is 20.7 Å². The fourth-order valence-corrected chi connectivity index (χ4v) is 2.51. The molecule has 6 heteroatoms. The molecule has 0 bridgehead atoms. The third-order valence-electron chi connectivity index (χ3n) is 3.20. The summed E-state index contributed by atoms with van der Waals surface area (Å²) >= 11 is 3.38. The molecule has 3 rings (SSSR count). The molecule has 1 N–H and O–H groups in total. The number of hydrogen-bond donors (Lipinski definition) is 1. The highest BCUT2D eigenvalue weighted by Crippen LogP contribution is 2.18. The molecule has 2 heterocycles. The molecule has 0 unspecified atom stereocenters. The number of halogens is 1. The lowest BCUT2D eigenvalue weighted by Gasteiger charge is -2.06. The Morgan fingerprint density at radius 3 is 2.82 bits per heavy atom. The average molecular weight is 357 g/mol. The van der Waals surface area contributed by atoms with E-state index in [1.165, 1.54) is 0 Å². The van der Waals surface area contributed by atoms with Crippen LogP contribution in [0.3, 0.4) is 0 Å². The van der Waals surface area contributed by atoms with Crippen LogP contribution in [0.5, 0.6) is 0 Å². The van der Waals surface area contributed by atoms with Crippen molar-refractivity contribution in [2.75, 3.05) is 5.32 Å². The monoisotopic (exact) mass is 356 g/mol. The van der Waals surface area contributed by atoms with Crippen LogP contribution in [0.25, 0.3) is 5.82 Å². The van der Waals surface area contributed by atoms with Crippen LogP contribution in [-0.2, 0) is 0 Å². The first kappa shape index (κ1) is 14.5. The smallest absolute Gasteiger partial charge is 0.259 e. The molecule has 22 heavy (non-hydrogen) atoms. The van der Waals surface area contributed by atoms with Crippen molar-refractivity contribution in [3.8, 4) is 5.82 Å². The predicted molar refractivity (Wildman–Crippen MR) is 88.2 cm³/mol. The van der Waals surface area contributed by atoms with Gasteiger partial charge in [-0.15, -0.1) is 0 Å². The van der Waals surface area contributed by atoms with Crippen molar-refractivity contribution in [3.63, 3.8) is 0 Å². The lowest BCUT2D eigenvalue weighted by atomic mass is 10.2. The molecule has 0 fully saturated rings. The fourth-order valence-electron chi connectivity index (χ4n) is 2.11. The van der Waals surface area contributed by atoms with Crippen LogP contribution < -0.4 is 5.32 Å². The minimum atomic E-state index is -0.196. The number of pyridine rings is 1. The largest absolute Gasteiger partial charge is 0.322 e. The quantitative estimate of drug-likeness (QED) is 0.779. The van der Waals surface area contributed by atoms with Crippen LogP contribution in [0.4, 0.5) is 5.69 Å². The van der Waals surface area contributed by atoms with Gasteiger partial charge in [0.25, 0.3) is 5.91 Å². The van der Waals surface area contributed by atoms with Gasteiger partial charge in [0.15, 0.2) is 5.82 Å². The Balaban J connectivity index is 1.87. The number of anilines is 1. The maximum atomic E-state index is 12.4. The summed E-state index contributed by atoms with van der Waals surface area (Å²) in [6, 6.07) is 13.0. The molecule has 0 saturated carbocycles. The molecule has 0 aliphatic carbocycles. The average Bonchev–Trinajstić information content (AvgIpc) is 2.90. The van der Waals surface area contributed by atoms with Crippen molar-refractivity contribution in [1.29, 1.82) is 0 Å². The highest BCUT2D eigenvalue weighted by Gasteiger charge is 2.15. The minimum Gasteiger partial charge on any atom is -0.322 e. The zero-order chi connectivity index (χ0) is 15.5. The van der Waals surface area contributed by atoms with Crippen LogP contribution in [0.2, 0.25) is 0 Å². The zero-order valence-electron chi connectivity index (χ0n) is 11.8. The molecule has 110 valence electrons. The van der Waals surface area contributed by atoms with E-state index in [0.717, 1.165) is 15.9 Å². The van der Waals surface area contributed by atoms with E-state index in [1.807, 2.05) is 49.4 Å². The van der Waals surface area contributed by atoms with Crippen LogP contribution >= 0.6 is 15.9 Å². The van der Waals surface area contributed by atoms with Gasteiger partial charge in [-0.2, -0.15) is 5.10 Å². The van der Waals surface area contributed by atoms with E-state index in [-0.39, 0.29) is 5.91 Å². The van der Waals surface area contributed by atoms with E-state index < -0.39 is 0 Å². The van der Waals surface area contributed by atoms with Crippen molar-refractivity contribution in [1.82, 2.24) is 14.8 Å². The molecule has 2 aromatic heterocycles. The van der Waals surface area contributed by atoms with Gasteiger partial charge in [0.1, 0.15) is 0 Å². The number of carbonyl (C=O) groups excluding carboxylic acids is 1. The molecule has 0 spiro atoms. The third-order valence-corrected chi connectivity index (χ3v) is 3.70. The maximum Gasteiger partial charge on any atom is 0.259 e. The second-order valence-electron chi connectivity index (χ2n) is 4.71. The number of amides is 1. The second kappa shape index (κ2) is 6.11. The first-order chi connectivity index (χ1) is 10.6. The summed E-state index contributed by atoms with van der Waals surface area (Å²) in [7, 11) is 0. The summed E-state index contributed by atoms with van der Waals surface area (Å²) in [6.45, 7) is 1.84. The summed E-state index contributed by atoms with van der Waals surface area (Å²) in [5, 5.41) is 7.11. The number of nitrogens with one attached hydrogen (secondary N) is 1. The first-order valence-electron chi connectivity index (χ1n) is 6.68. The Bertz CT molecular complexity index is 814. The number of aromatic nitrogens is 3. The van der Waals surface area contributed by atoms with Gasteiger partial charge in [-0.05, 0) is 37.3 Å². The molecular weight excluding hydrogens is 344 g/mol. The summed E-state index contributed by atoms with van der Waals surface area (Å²) in [5.74, 6) is 0.485. The third kappa shape index (κ3) is 2.92. The lowest BCUT2D eigenvalue weighted by molar-refractivity contribution is 0.102. The lowest BCUT2D eigenvalue weighted by Crippen LogP contribution is -2.13. The Morgan fingerprint density at radius 1 is 1.23 bits per heavy atom. The SMILES string of the molecule is Cc1c(C(=O)Nc2cccc(Br)c2)cnn1-c1ccccn1. The Labute approximate surface area is 136 Å². The Hall–Kier alpha value is -2.47. The molecule has 0 atom stereocenters.